The minimum Gasteiger partial charge on any atom is -0.459 e. The van der Waals surface area contributed by atoms with E-state index < -0.39 is 24.1 Å². The van der Waals surface area contributed by atoms with Gasteiger partial charge in [0.15, 0.2) is 5.78 Å². The first-order valence-electron chi connectivity index (χ1n) is 12.5. The lowest BCUT2D eigenvalue weighted by molar-refractivity contribution is -0.149. The van der Waals surface area contributed by atoms with Crippen LogP contribution in [-0.2, 0) is 20.9 Å². The Morgan fingerprint density at radius 2 is 1.72 bits per heavy atom. The van der Waals surface area contributed by atoms with Crippen molar-refractivity contribution in [2.24, 2.45) is 0 Å². The maximum Gasteiger partial charge on any atom is 0.329 e. The summed E-state index contributed by atoms with van der Waals surface area (Å²) < 4.78 is 5.46. The summed E-state index contributed by atoms with van der Waals surface area (Å²) in [4.78, 5) is 54.4. The second-order valence-corrected chi connectivity index (χ2v) is 9.08. The Kier molecular flexibility index (Phi) is 10.0. The minimum atomic E-state index is -0.696. The molecule has 0 aromatic heterocycles. The molecule has 3 amide bonds. The molecule has 0 bridgehead atoms. The number of Topliss-reactive ketones (excluding diaryl/α,β-unsaturated/α-hetero) is 1. The molecular formula is C28H35N3O5. The van der Waals surface area contributed by atoms with Gasteiger partial charge in [0.2, 0.25) is 0 Å². The Morgan fingerprint density at radius 3 is 2.39 bits per heavy atom. The molecular weight excluding hydrogens is 458 g/mol. The highest BCUT2D eigenvalue weighted by Gasteiger charge is 2.37. The SMILES string of the molecule is CCCCC(NC(=O)c1ccccc1)C(=O)CN(C)C(=O)N1CCC[C@H]1C(=O)OCc1ccccc1. The van der Waals surface area contributed by atoms with Crippen molar-refractivity contribution in [2.45, 2.75) is 57.7 Å². The van der Waals surface area contributed by atoms with Crippen LogP contribution in [0.25, 0.3) is 0 Å². The number of rotatable bonds is 11. The lowest BCUT2D eigenvalue weighted by Crippen LogP contribution is -2.51. The third kappa shape index (κ3) is 7.41. The number of carbonyl (C=O) groups is 4. The van der Waals surface area contributed by atoms with Gasteiger partial charge in [-0.25, -0.2) is 9.59 Å². The van der Waals surface area contributed by atoms with E-state index in [-0.39, 0.29) is 24.8 Å². The van der Waals surface area contributed by atoms with Crippen LogP contribution < -0.4 is 5.32 Å². The number of ketones is 1. The molecule has 1 fully saturated rings. The number of ether oxygens (including phenoxy) is 1. The molecule has 0 radical (unpaired) electrons. The molecule has 2 atom stereocenters. The van der Waals surface area contributed by atoms with Crippen LogP contribution in [0.1, 0.15) is 54.9 Å². The van der Waals surface area contributed by atoms with E-state index in [1.54, 1.807) is 31.3 Å². The third-order valence-electron chi connectivity index (χ3n) is 6.29. The van der Waals surface area contributed by atoms with Gasteiger partial charge >= 0.3 is 12.0 Å². The van der Waals surface area contributed by atoms with Gasteiger partial charge in [-0.3, -0.25) is 9.59 Å². The Hall–Kier alpha value is -3.68. The van der Waals surface area contributed by atoms with Crippen molar-refractivity contribution in [1.29, 1.82) is 0 Å². The van der Waals surface area contributed by atoms with Gasteiger partial charge in [0.05, 0.1) is 12.6 Å². The highest BCUT2D eigenvalue weighted by molar-refractivity contribution is 5.99. The maximum atomic E-state index is 13.2. The molecule has 3 rings (SSSR count). The number of benzene rings is 2. The normalized spacial score (nSPS) is 15.7. The van der Waals surface area contributed by atoms with Crippen LogP contribution in [0.4, 0.5) is 4.79 Å². The number of hydrogen-bond acceptors (Lipinski definition) is 5. The summed E-state index contributed by atoms with van der Waals surface area (Å²) >= 11 is 0. The average molecular weight is 494 g/mol. The maximum absolute atomic E-state index is 13.2. The zero-order valence-corrected chi connectivity index (χ0v) is 21.0. The van der Waals surface area contributed by atoms with E-state index in [1.807, 2.05) is 43.3 Å². The van der Waals surface area contributed by atoms with E-state index in [9.17, 15) is 19.2 Å². The lowest BCUT2D eigenvalue weighted by Gasteiger charge is -2.29. The molecule has 1 unspecified atom stereocenters. The van der Waals surface area contributed by atoms with Gasteiger partial charge in [-0.1, -0.05) is 68.3 Å². The summed E-state index contributed by atoms with van der Waals surface area (Å²) in [5.74, 6) is -1.01. The Balaban J connectivity index is 1.58. The molecule has 2 aromatic carbocycles. The number of carbonyl (C=O) groups excluding carboxylic acids is 4. The van der Waals surface area contributed by atoms with Crippen LogP contribution in [0.5, 0.6) is 0 Å². The fourth-order valence-corrected chi connectivity index (χ4v) is 4.25. The molecule has 8 nitrogen and oxygen atoms in total. The number of urea groups is 1. The Labute approximate surface area is 212 Å². The van der Waals surface area contributed by atoms with Gasteiger partial charge < -0.3 is 19.9 Å². The summed E-state index contributed by atoms with van der Waals surface area (Å²) in [6, 6.07) is 16.3. The van der Waals surface area contributed by atoms with Crippen molar-refractivity contribution < 1.29 is 23.9 Å². The van der Waals surface area contributed by atoms with Crippen molar-refractivity contribution in [3.63, 3.8) is 0 Å². The molecule has 1 aliphatic heterocycles. The Morgan fingerprint density at radius 1 is 1.06 bits per heavy atom. The summed E-state index contributed by atoms with van der Waals surface area (Å²) in [7, 11) is 1.54. The van der Waals surface area contributed by atoms with E-state index >= 15 is 0 Å². The topological polar surface area (TPSA) is 96.0 Å². The fourth-order valence-electron chi connectivity index (χ4n) is 4.25. The molecule has 1 N–H and O–H groups in total. The minimum absolute atomic E-state index is 0.146. The number of nitrogens with one attached hydrogen (secondary N) is 1. The number of likely N-dealkylation sites (N-methyl/N-ethyl adjacent to an activating group) is 1. The molecule has 0 aliphatic carbocycles. The van der Waals surface area contributed by atoms with Gasteiger partial charge in [-0.15, -0.1) is 0 Å². The first kappa shape index (κ1) is 26.9. The predicted octanol–water partition coefficient (Wildman–Crippen LogP) is 3.80. The smallest absolute Gasteiger partial charge is 0.329 e. The van der Waals surface area contributed by atoms with Gasteiger partial charge in [0.1, 0.15) is 12.6 Å². The number of unbranched alkanes of at least 4 members (excludes halogenated alkanes) is 1. The molecule has 1 aliphatic rings. The quantitative estimate of drug-likeness (QED) is 0.481. The molecule has 8 heteroatoms. The van der Waals surface area contributed by atoms with Gasteiger partial charge in [-0.05, 0) is 37.0 Å². The average Bonchev–Trinajstić information content (AvgIpc) is 3.40. The molecule has 2 aromatic rings. The van der Waals surface area contributed by atoms with Gasteiger partial charge in [0.25, 0.3) is 5.91 Å². The molecule has 192 valence electrons. The molecule has 0 spiro atoms. The van der Waals surface area contributed by atoms with Crippen LogP contribution in [0, 0.1) is 0 Å². The molecule has 0 saturated carbocycles. The van der Waals surface area contributed by atoms with E-state index in [2.05, 4.69) is 5.32 Å². The van der Waals surface area contributed by atoms with E-state index in [1.165, 1.54) is 9.80 Å². The van der Waals surface area contributed by atoms with Crippen LogP contribution in [0.2, 0.25) is 0 Å². The molecule has 36 heavy (non-hydrogen) atoms. The summed E-state index contributed by atoms with van der Waals surface area (Å²) in [6.07, 6.45) is 3.34. The van der Waals surface area contributed by atoms with Crippen LogP contribution in [0.3, 0.4) is 0 Å². The number of hydrogen-bond donors (Lipinski definition) is 1. The van der Waals surface area contributed by atoms with Crippen molar-refractivity contribution >= 4 is 23.7 Å². The second kappa shape index (κ2) is 13.4. The predicted molar refractivity (Wildman–Crippen MR) is 136 cm³/mol. The van der Waals surface area contributed by atoms with Gasteiger partial charge in [-0.2, -0.15) is 0 Å². The first-order chi connectivity index (χ1) is 17.4. The first-order valence-corrected chi connectivity index (χ1v) is 12.5. The van der Waals surface area contributed by atoms with Crippen LogP contribution in [0.15, 0.2) is 60.7 Å². The van der Waals surface area contributed by atoms with E-state index in [0.29, 0.717) is 31.4 Å². The van der Waals surface area contributed by atoms with Gasteiger partial charge in [0, 0.05) is 19.2 Å². The highest BCUT2D eigenvalue weighted by atomic mass is 16.5. The highest BCUT2D eigenvalue weighted by Crippen LogP contribution is 2.21. The van der Waals surface area contributed by atoms with Crippen LogP contribution in [-0.4, -0.2) is 65.7 Å². The number of esters is 1. The van der Waals surface area contributed by atoms with Crippen LogP contribution >= 0.6 is 0 Å². The van der Waals surface area contributed by atoms with E-state index in [4.69, 9.17) is 4.74 Å². The fraction of sp³-hybridized carbons (Fsp3) is 0.429. The molecule has 1 saturated heterocycles. The van der Waals surface area contributed by atoms with Crippen molar-refractivity contribution in [3.05, 3.63) is 71.8 Å². The van der Waals surface area contributed by atoms with Crippen molar-refractivity contribution in [2.75, 3.05) is 20.1 Å². The largest absolute Gasteiger partial charge is 0.459 e. The summed E-state index contributed by atoms with van der Waals surface area (Å²) in [5.41, 5.74) is 1.35. The zero-order chi connectivity index (χ0) is 25.9. The number of likely N-dealkylation sites (tertiary alicyclic amines) is 1. The van der Waals surface area contributed by atoms with Crippen molar-refractivity contribution in [3.8, 4) is 0 Å². The molecule has 1 heterocycles. The number of amides is 3. The van der Waals surface area contributed by atoms with Crippen molar-refractivity contribution in [1.82, 2.24) is 15.1 Å². The Bertz CT molecular complexity index is 1030. The zero-order valence-electron chi connectivity index (χ0n) is 21.0. The standard InChI is InChI=1S/C28H35N3O5/c1-3-4-16-23(29-26(33)22-14-9-6-10-15-22)25(32)19-30(2)28(35)31-18-11-17-24(31)27(34)36-20-21-12-7-5-8-13-21/h5-10,12-15,23-24H,3-4,11,16-20H2,1-2H3,(H,29,33)/t23?,24-/m0/s1. The van der Waals surface area contributed by atoms with E-state index in [0.717, 1.165) is 18.4 Å². The summed E-state index contributed by atoms with van der Waals surface area (Å²) in [6.45, 7) is 2.42. The summed E-state index contributed by atoms with van der Waals surface area (Å²) in [5, 5.41) is 2.83. The monoisotopic (exact) mass is 493 g/mol. The second-order valence-electron chi connectivity index (χ2n) is 9.08. The number of nitrogens with zero attached hydrogens (tertiary/aromatic N) is 2. The third-order valence-corrected chi connectivity index (χ3v) is 6.29. The lowest BCUT2D eigenvalue weighted by atomic mass is 10.0.